The van der Waals surface area contributed by atoms with Gasteiger partial charge in [0.2, 0.25) is 0 Å². The van der Waals surface area contributed by atoms with E-state index in [0.29, 0.717) is 19.8 Å². The zero-order valence-corrected chi connectivity index (χ0v) is 5.70. The lowest BCUT2D eigenvalue weighted by atomic mass is 10.7. The summed E-state index contributed by atoms with van der Waals surface area (Å²) >= 11 is 0. The minimum absolute atomic E-state index is 0. The van der Waals surface area contributed by atoms with Crippen molar-refractivity contribution in [2.45, 2.75) is 6.92 Å². The Hall–Kier alpha value is 0.170. The number of rotatable bonds is 4. The van der Waals surface area contributed by atoms with Crippen molar-refractivity contribution >= 4 is 12.4 Å². The minimum atomic E-state index is 0. The number of halogens is 1. The van der Waals surface area contributed by atoms with Crippen LogP contribution >= 0.6 is 12.4 Å². The van der Waals surface area contributed by atoms with Crippen LogP contribution in [0.25, 0.3) is 0 Å². The molecule has 0 saturated carbocycles. The maximum Gasteiger partial charge on any atom is 0.0613 e. The Bertz CT molecular complexity index is 33.2. The van der Waals surface area contributed by atoms with Crippen LogP contribution < -0.4 is 5.48 Å². The van der Waals surface area contributed by atoms with Crippen molar-refractivity contribution in [3.05, 3.63) is 0 Å². The van der Waals surface area contributed by atoms with Gasteiger partial charge in [0.05, 0.1) is 6.61 Å². The first-order valence-corrected chi connectivity index (χ1v) is 2.36. The van der Waals surface area contributed by atoms with Gasteiger partial charge >= 0.3 is 0 Å². The highest BCUT2D eigenvalue weighted by atomic mass is 35.5. The standard InChI is InChI=1S/C4H11NO2.ClH/c1-2-7-4-3-5-6;/h5-6H,2-4H2,1H3;1H. The molecule has 0 radical (unpaired) electrons. The van der Waals surface area contributed by atoms with Crippen molar-refractivity contribution in [3.63, 3.8) is 0 Å². The monoisotopic (exact) mass is 141 g/mol. The average molecular weight is 142 g/mol. The van der Waals surface area contributed by atoms with Gasteiger partial charge in [0.1, 0.15) is 0 Å². The molecule has 0 atom stereocenters. The molecule has 0 aromatic heterocycles. The van der Waals surface area contributed by atoms with E-state index in [9.17, 15) is 0 Å². The van der Waals surface area contributed by atoms with Crippen LogP contribution in [0.1, 0.15) is 6.92 Å². The molecular weight excluding hydrogens is 130 g/mol. The highest BCUT2D eigenvalue weighted by Gasteiger charge is 1.78. The molecule has 0 aromatic rings. The second-order valence-electron chi connectivity index (χ2n) is 1.11. The smallest absolute Gasteiger partial charge is 0.0613 e. The Morgan fingerprint density at radius 3 is 2.62 bits per heavy atom. The van der Waals surface area contributed by atoms with E-state index >= 15 is 0 Å². The molecule has 0 bridgehead atoms. The molecule has 0 rings (SSSR count). The predicted molar refractivity (Wildman–Crippen MR) is 33.5 cm³/mol. The van der Waals surface area contributed by atoms with E-state index in [2.05, 4.69) is 0 Å². The molecule has 52 valence electrons. The third-order valence-corrected chi connectivity index (χ3v) is 0.562. The van der Waals surface area contributed by atoms with Gasteiger partial charge in [-0.1, -0.05) is 0 Å². The summed E-state index contributed by atoms with van der Waals surface area (Å²) in [7, 11) is 0. The Morgan fingerprint density at radius 1 is 1.62 bits per heavy atom. The molecule has 0 fully saturated rings. The van der Waals surface area contributed by atoms with Gasteiger partial charge in [-0.15, -0.1) is 12.4 Å². The van der Waals surface area contributed by atoms with E-state index < -0.39 is 0 Å². The lowest BCUT2D eigenvalue weighted by Crippen LogP contribution is -2.14. The highest BCUT2D eigenvalue weighted by molar-refractivity contribution is 5.85. The minimum Gasteiger partial charge on any atom is -0.380 e. The van der Waals surface area contributed by atoms with E-state index in [1.54, 1.807) is 0 Å². The Kier molecular flexibility index (Phi) is 14.1. The predicted octanol–water partition coefficient (Wildman–Crippen LogP) is 0.423. The number of hydrogen-bond donors (Lipinski definition) is 2. The van der Waals surface area contributed by atoms with E-state index in [-0.39, 0.29) is 12.4 Å². The summed E-state index contributed by atoms with van der Waals surface area (Å²) in [6.07, 6.45) is 0. The first-order chi connectivity index (χ1) is 3.41. The molecule has 0 unspecified atom stereocenters. The highest BCUT2D eigenvalue weighted by Crippen LogP contribution is 1.66. The average Bonchev–Trinajstić information content (AvgIpc) is 1.69. The molecule has 0 aliphatic carbocycles. The topological polar surface area (TPSA) is 41.5 Å². The Labute approximate surface area is 55.4 Å². The third-order valence-electron chi connectivity index (χ3n) is 0.562. The molecule has 0 heterocycles. The maximum atomic E-state index is 7.96. The lowest BCUT2D eigenvalue weighted by molar-refractivity contribution is 0.0973. The molecule has 0 aromatic carbocycles. The first kappa shape index (κ1) is 11.0. The number of hydroxylamine groups is 1. The summed E-state index contributed by atoms with van der Waals surface area (Å²) in [5.41, 5.74) is 1.98. The quantitative estimate of drug-likeness (QED) is 0.441. The molecule has 4 heteroatoms. The SMILES string of the molecule is CCOCCNO.Cl. The Balaban J connectivity index is 0. The van der Waals surface area contributed by atoms with Crippen molar-refractivity contribution in [2.24, 2.45) is 0 Å². The molecule has 0 amide bonds. The van der Waals surface area contributed by atoms with E-state index in [1.807, 2.05) is 12.4 Å². The number of nitrogens with one attached hydrogen (secondary N) is 1. The van der Waals surface area contributed by atoms with Gasteiger partial charge in [-0.05, 0) is 6.92 Å². The Morgan fingerprint density at radius 2 is 2.25 bits per heavy atom. The van der Waals surface area contributed by atoms with Crippen LogP contribution in [-0.2, 0) is 4.74 Å². The van der Waals surface area contributed by atoms with Gasteiger partial charge in [0.15, 0.2) is 0 Å². The van der Waals surface area contributed by atoms with Gasteiger partial charge in [0, 0.05) is 13.2 Å². The van der Waals surface area contributed by atoms with Gasteiger partial charge in [0.25, 0.3) is 0 Å². The molecule has 0 aliphatic rings. The zero-order chi connectivity index (χ0) is 5.54. The fourth-order valence-corrected chi connectivity index (χ4v) is 0.262. The van der Waals surface area contributed by atoms with Gasteiger partial charge in [-0.25, -0.2) is 5.48 Å². The molecule has 2 N–H and O–H groups in total. The van der Waals surface area contributed by atoms with Crippen molar-refractivity contribution in [3.8, 4) is 0 Å². The van der Waals surface area contributed by atoms with Crippen LogP contribution in [0.5, 0.6) is 0 Å². The first-order valence-electron chi connectivity index (χ1n) is 2.36. The van der Waals surface area contributed by atoms with Crippen LogP contribution in [0, 0.1) is 0 Å². The third kappa shape index (κ3) is 9.48. The summed E-state index contributed by atoms with van der Waals surface area (Å²) in [6.45, 7) is 3.71. The molecule has 0 spiro atoms. The van der Waals surface area contributed by atoms with Crippen LogP contribution in [0.3, 0.4) is 0 Å². The normalized spacial score (nSPS) is 8.25. The van der Waals surface area contributed by atoms with E-state index in [0.717, 1.165) is 0 Å². The van der Waals surface area contributed by atoms with Crippen LogP contribution in [0.4, 0.5) is 0 Å². The molecule has 3 nitrogen and oxygen atoms in total. The fraction of sp³-hybridized carbons (Fsp3) is 1.00. The number of ether oxygens (including phenoxy) is 1. The number of hydrogen-bond acceptors (Lipinski definition) is 3. The van der Waals surface area contributed by atoms with Crippen molar-refractivity contribution in [2.75, 3.05) is 19.8 Å². The van der Waals surface area contributed by atoms with Crippen LogP contribution in [-0.4, -0.2) is 25.0 Å². The van der Waals surface area contributed by atoms with Crippen molar-refractivity contribution in [1.82, 2.24) is 5.48 Å². The maximum absolute atomic E-state index is 7.96. The van der Waals surface area contributed by atoms with Gasteiger partial charge < -0.3 is 9.94 Å². The summed E-state index contributed by atoms with van der Waals surface area (Å²) in [6, 6.07) is 0. The second kappa shape index (κ2) is 10.2. The summed E-state index contributed by atoms with van der Waals surface area (Å²) < 4.78 is 4.85. The van der Waals surface area contributed by atoms with Gasteiger partial charge in [-0.3, -0.25) is 0 Å². The summed E-state index contributed by atoms with van der Waals surface area (Å²) in [4.78, 5) is 0. The van der Waals surface area contributed by atoms with E-state index in [1.165, 1.54) is 0 Å². The lowest BCUT2D eigenvalue weighted by Gasteiger charge is -1.95. The van der Waals surface area contributed by atoms with Crippen molar-refractivity contribution in [1.29, 1.82) is 0 Å². The molecular formula is C4H12ClNO2. The summed E-state index contributed by atoms with van der Waals surface area (Å²) in [5.74, 6) is 0. The van der Waals surface area contributed by atoms with Crippen LogP contribution in [0.2, 0.25) is 0 Å². The summed E-state index contributed by atoms with van der Waals surface area (Å²) in [5, 5.41) is 7.96. The van der Waals surface area contributed by atoms with Crippen LogP contribution in [0.15, 0.2) is 0 Å². The van der Waals surface area contributed by atoms with Gasteiger partial charge in [-0.2, -0.15) is 0 Å². The largest absolute Gasteiger partial charge is 0.380 e. The molecule has 0 aliphatic heterocycles. The fourth-order valence-electron chi connectivity index (χ4n) is 0.262. The second-order valence-corrected chi connectivity index (χ2v) is 1.11. The zero-order valence-electron chi connectivity index (χ0n) is 4.89. The van der Waals surface area contributed by atoms with E-state index in [4.69, 9.17) is 9.94 Å². The van der Waals surface area contributed by atoms with Crippen molar-refractivity contribution < 1.29 is 9.94 Å². The molecule has 8 heavy (non-hydrogen) atoms. The molecule has 0 saturated heterocycles.